The number of halogens is 1. The Balaban J connectivity index is 1.80. The first-order valence-corrected chi connectivity index (χ1v) is 8.50. The molecule has 1 amide bonds. The van der Waals surface area contributed by atoms with Crippen LogP contribution in [0.2, 0.25) is 5.02 Å². The van der Waals surface area contributed by atoms with Crippen LogP contribution in [-0.2, 0) is 4.74 Å². The van der Waals surface area contributed by atoms with E-state index in [0.29, 0.717) is 21.8 Å². The molecule has 25 heavy (non-hydrogen) atoms. The normalized spacial score (nSPS) is 13.6. The Morgan fingerprint density at radius 1 is 1.04 bits per heavy atom. The summed E-state index contributed by atoms with van der Waals surface area (Å²) < 4.78 is 4.66. The van der Waals surface area contributed by atoms with Crippen molar-refractivity contribution in [3.8, 4) is 0 Å². The molecule has 0 saturated carbocycles. The molecule has 5 nitrogen and oxygen atoms in total. The highest BCUT2D eigenvalue weighted by atomic mass is 35.5. The topological polar surface area (TPSA) is 58.6 Å². The molecule has 0 radical (unpaired) electrons. The maximum Gasteiger partial charge on any atom is 0.337 e. The minimum atomic E-state index is -0.432. The smallest absolute Gasteiger partial charge is 0.337 e. The van der Waals surface area contributed by atoms with Gasteiger partial charge in [-0.25, -0.2) is 4.79 Å². The first-order chi connectivity index (χ1) is 12.1. The number of carbonyl (C=O) groups excluding carboxylic acids is 2. The molecule has 6 heteroatoms. The third kappa shape index (κ3) is 3.94. The van der Waals surface area contributed by atoms with Gasteiger partial charge >= 0.3 is 5.97 Å². The van der Waals surface area contributed by atoms with Crippen molar-refractivity contribution in [2.75, 3.05) is 30.4 Å². The van der Waals surface area contributed by atoms with Crippen LogP contribution in [0.5, 0.6) is 0 Å². The SMILES string of the molecule is COC(=O)c1ccc(C(=O)Nc2cc(Cl)ccc2N2CCCC2)cc1. The molecule has 2 aromatic rings. The van der Waals surface area contributed by atoms with E-state index in [1.54, 1.807) is 30.3 Å². The van der Waals surface area contributed by atoms with Gasteiger partial charge in [0.1, 0.15) is 0 Å². The number of hydrogen-bond donors (Lipinski definition) is 1. The van der Waals surface area contributed by atoms with Gasteiger partial charge in [0.05, 0.1) is 24.0 Å². The monoisotopic (exact) mass is 358 g/mol. The van der Waals surface area contributed by atoms with E-state index in [-0.39, 0.29) is 5.91 Å². The number of nitrogens with zero attached hydrogens (tertiary/aromatic N) is 1. The lowest BCUT2D eigenvalue weighted by atomic mass is 10.1. The first kappa shape index (κ1) is 17.3. The third-order valence-electron chi connectivity index (χ3n) is 4.22. The summed E-state index contributed by atoms with van der Waals surface area (Å²) in [7, 11) is 1.32. The molecule has 0 atom stereocenters. The molecule has 0 aromatic heterocycles. The quantitative estimate of drug-likeness (QED) is 0.840. The molecular formula is C19H19ClN2O3. The highest BCUT2D eigenvalue weighted by Crippen LogP contribution is 2.31. The zero-order valence-corrected chi connectivity index (χ0v) is 14.7. The van der Waals surface area contributed by atoms with Crippen molar-refractivity contribution in [3.63, 3.8) is 0 Å². The molecule has 0 spiro atoms. The van der Waals surface area contributed by atoms with Crippen LogP contribution in [0.15, 0.2) is 42.5 Å². The molecule has 1 N–H and O–H groups in total. The van der Waals surface area contributed by atoms with Crippen LogP contribution in [0.25, 0.3) is 0 Å². The molecule has 0 bridgehead atoms. The van der Waals surface area contributed by atoms with Crippen LogP contribution in [0.3, 0.4) is 0 Å². The number of amides is 1. The van der Waals surface area contributed by atoms with Crippen molar-refractivity contribution < 1.29 is 14.3 Å². The molecule has 130 valence electrons. The summed E-state index contributed by atoms with van der Waals surface area (Å²) in [6.07, 6.45) is 2.29. The molecule has 1 saturated heterocycles. The van der Waals surface area contributed by atoms with Crippen molar-refractivity contribution in [1.29, 1.82) is 0 Å². The minimum absolute atomic E-state index is 0.251. The Labute approximate surface area is 151 Å². The van der Waals surface area contributed by atoms with E-state index in [1.807, 2.05) is 12.1 Å². The van der Waals surface area contributed by atoms with Crippen molar-refractivity contribution in [2.24, 2.45) is 0 Å². The van der Waals surface area contributed by atoms with E-state index in [0.717, 1.165) is 31.6 Å². The van der Waals surface area contributed by atoms with Gasteiger partial charge in [0.15, 0.2) is 0 Å². The number of ether oxygens (including phenoxy) is 1. The fourth-order valence-electron chi connectivity index (χ4n) is 2.91. The second kappa shape index (κ2) is 7.57. The summed E-state index contributed by atoms with van der Waals surface area (Å²) in [6.45, 7) is 1.94. The second-order valence-electron chi connectivity index (χ2n) is 5.88. The summed E-state index contributed by atoms with van der Waals surface area (Å²) >= 11 is 6.10. The zero-order valence-electron chi connectivity index (χ0n) is 13.9. The number of carbonyl (C=O) groups is 2. The van der Waals surface area contributed by atoms with Crippen LogP contribution in [0.1, 0.15) is 33.6 Å². The Bertz CT molecular complexity index is 784. The van der Waals surface area contributed by atoms with Crippen LogP contribution in [-0.4, -0.2) is 32.1 Å². The number of anilines is 2. The van der Waals surface area contributed by atoms with Gasteiger partial charge in [-0.3, -0.25) is 4.79 Å². The molecule has 2 aromatic carbocycles. The summed E-state index contributed by atoms with van der Waals surface area (Å²) in [5.74, 6) is -0.683. The van der Waals surface area contributed by atoms with Crippen molar-refractivity contribution >= 4 is 34.9 Å². The molecule has 0 aliphatic carbocycles. The van der Waals surface area contributed by atoms with Gasteiger partial charge in [-0.2, -0.15) is 0 Å². The van der Waals surface area contributed by atoms with Crippen LogP contribution in [0.4, 0.5) is 11.4 Å². The number of benzene rings is 2. The lowest BCUT2D eigenvalue weighted by Gasteiger charge is -2.22. The summed E-state index contributed by atoms with van der Waals surface area (Å²) in [4.78, 5) is 26.3. The number of rotatable bonds is 4. The van der Waals surface area contributed by atoms with Gasteiger partial charge in [-0.15, -0.1) is 0 Å². The van der Waals surface area contributed by atoms with Gasteiger partial charge in [0.25, 0.3) is 5.91 Å². The van der Waals surface area contributed by atoms with Crippen LogP contribution in [0, 0.1) is 0 Å². The Morgan fingerprint density at radius 2 is 1.68 bits per heavy atom. The second-order valence-corrected chi connectivity index (χ2v) is 6.32. The average molecular weight is 359 g/mol. The first-order valence-electron chi connectivity index (χ1n) is 8.13. The van der Waals surface area contributed by atoms with E-state index in [2.05, 4.69) is 15.0 Å². The standard InChI is InChI=1S/C19H19ClN2O3/c1-25-19(24)14-6-4-13(5-7-14)18(23)21-16-12-15(20)8-9-17(16)22-10-2-3-11-22/h4-9,12H,2-3,10-11H2,1H3,(H,21,23). The molecular weight excluding hydrogens is 340 g/mol. The minimum Gasteiger partial charge on any atom is -0.465 e. The van der Waals surface area contributed by atoms with Crippen molar-refractivity contribution in [3.05, 3.63) is 58.6 Å². The van der Waals surface area contributed by atoms with Gasteiger partial charge in [0.2, 0.25) is 0 Å². The predicted molar refractivity (Wildman–Crippen MR) is 98.6 cm³/mol. The third-order valence-corrected chi connectivity index (χ3v) is 4.46. The molecule has 3 rings (SSSR count). The van der Waals surface area contributed by atoms with Gasteiger partial charge in [-0.1, -0.05) is 11.6 Å². The summed E-state index contributed by atoms with van der Waals surface area (Å²) in [6, 6.07) is 11.9. The summed E-state index contributed by atoms with van der Waals surface area (Å²) in [5, 5.41) is 3.49. The van der Waals surface area contributed by atoms with Crippen LogP contribution < -0.4 is 10.2 Å². The fourth-order valence-corrected chi connectivity index (χ4v) is 3.08. The Hall–Kier alpha value is -2.53. The van der Waals surface area contributed by atoms with Crippen LogP contribution >= 0.6 is 11.6 Å². The lowest BCUT2D eigenvalue weighted by molar-refractivity contribution is 0.0600. The lowest BCUT2D eigenvalue weighted by Crippen LogP contribution is -2.21. The number of hydrogen-bond acceptors (Lipinski definition) is 4. The van der Waals surface area contributed by atoms with E-state index in [9.17, 15) is 9.59 Å². The predicted octanol–water partition coefficient (Wildman–Crippen LogP) is 3.98. The molecule has 1 aliphatic heterocycles. The molecule has 0 unspecified atom stereocenters. The number of methoxy groups -OCH3 is 1. The molecule has 1 aliphatic rings. The number of esters is 1. The van der Waals surface area contributed by atoms with Gasteiger partial charge in [0, 0.05) is 23.7 Å². The fraction of sp³-hybridized carbons (Fsp3) is 0.263. The van der Waals surface area contributed by atoms with E-state index >= 15 is 0 Å². The maximum absolute atomic E-state index is 12.6. The summed E-state index contributed by atoms with van der Waals surface area (Å²) in [5.41, 5.74) is 2.53. The van der Waals surface area contributed by atoms with Crippen molar-refractivity contribution in [1.82, 2.24) is 0 Å². The Kier molecular flexibility index (Phi) is 5.24. The van der Waals surface area contributed by atoms with Gasteiger partial charge < -0.3 is 15.0 Å². The highest BCUT2D eigenvalue weighted by molar-refractivity contribution is 6.31. The van der Waals surface area contributed by atoms with E-state index in [4.69, 9.17) is 11.6 Å². The molecule has 1 fully saturated rings. The Morgan fingerprint density at radius 3 is 2.32 bits per heavy atom. The van der Waals surface area contributed by atoms with Gasteiger partial charge in [-0.05, 0) is 55.3 Å². The van der Waals surface area contributed by atoms with E-state index < -0.39 is 5.97 Å². The van der Waals surface area contributed by atoms with E-state index in [1.165, 1.54) is 7.11 Å². The average Bonchev–Trinajstić information content (AvgIpc) is 3.15. The maximum atomic E-state index is 12.6. The molecule has 1 heterocycles. The largest absolute Gasteiger partial charge is 0.465 e. The highest BCUT2D eigenvalue weighted by Gasteiger charge is 2.18. The van der Waals surface area contributed by atoms with Crippen molar-refractivity contribution in [2.45, 2.75) is 12.8 Å². The number of nitrogens with one attached hydrogen (secondary N) is 1. The zero-order chi connectivity index (χ0) is 17.8.